The van der Waals surface area contributed by atoms with Crippen LogP contribution in [0.4, 0.5) is 0 Å². The second kappa shape index (κ2) is 8.17. The van der Waals surface area contributed by atoms with Crippen molar-refractivity contribution in [2.75, 3.05) is 13.1 Å². The molecule has 54 valence electrons. The van der Waals surface area contributed by atoms with Gasteiger partial charge in [-0.2, -0.15) is 0 Å². The number of rotatable bonds is 3. The number of nitrogens with one attached hydrogen (secondary N) is 1. The minimum atomic E-state index is 0. The summed E-state index contributed by atoms with van der Waals surface area (Å²) in [5, 5.41) is 1.95. The number of hydrogen-bond acceptors (Lipinski definition) is 3. The van der Waals surface area contributed by atoms with Crippen LogP contribution in [0.1, 0.15) is 13.8 Å². The molecule has 5 heteroatoms. The Hall–Kier alpha value is 1.07. The zero-order valence-corrected chi connectivity index (χ0v) is 10.3. The molecule has 0 aliphatic carbocycles. The molecule has 0 fully saturated rings. The summed E-state index contributed by atoms with van der Waals surface area (Å²) >= 11 is 9.33. The van der Waals surface area contributed by atoms with Crippen molar-refractivity contribution in [2.45, 2.75) is 13.8 Å². The monoisotopic (exact) mass is 186 g/mol. The molecule has 0 aliphatic rings. The minimum Gasteiger partial charge on any atom is -0.410 e. The topological polar surface area (TPSA) is 15.3 Å². The van der Waals surface area contributed by atoms with E-state index in [-0.39, 0.29) is 29.6 Å². The van der Waals surface area contributed by atoms with Crippen molar-refractivity contribution >= 4 is 29.2 Å². The van der Waals surface area contributed by atoms with E-state index in [4.69, 9.17) is 0 Å². The van der Waals surface area contributed by atoms with Crippen LogP contribution in [-0.2, 0) is 12.6 Å². The van der Waals surface area contributed by atoms with Crippen LogP contribution in [-0.4, -0.2) is 22.4 Å². The van der Waals surface area contributed by atoms with E-state index in [1.807, 2.05) is 18.9 Å². The van der Waals surface area contributed by atoms with Gasteiger partial charge in [0.1, 0.15) is 0 Å². The molecule has 1 N–H and O–H groups in total. The largest absolute Gasteiger partial charge is 1.00 e. The van der Waals surface area contributed by atoms with Gasteiger partial charge in [0.15, 0.2) is 0 Å². The third-order valence-corrected chi connectivity index (χ3v) is 1.20. The van der Waals surface area contributed by atoms with E-state index >= 15 is 0 Å². The second-order valence-electron chi connectivity index (χ2n) is 1.57. The van der Waals surface area contributed by atoms with Crippen molar-refractivity contribution < 1.29 is 29.6 Å². The van der Waals surface area contributed by atoms with Crippen LogP contribution >= 0.6 is 12.2 Å². The van der Waals surface area contributed by atoms with Crippen molar-refractivity contribution in [1.82, 2.24) is 10.4 Å². The predicted octanol–water partition coefficient (Wildman–Crippen LogP) is -2.33. The van der Waals surface area contributed by atoms with Crippen LogP contribution in [0, 0.1) is 0 Å². The molecule has 0 heterocycles. The summed E-state index contributed by atoms with van der Waals surface area (Å²) in [5.74, 6) is 0. The molecule has 0 spiro atoms. The van der Waals surface area contributed by atoms with Crippen LogP contribution in [0.2, 0.25) is 0 Å². The van der Waals surface area contributed by atoms with Crippen molar-refractivity contribution in [2.24, 2.45) is 0 Å². The first kappa shape index (κ1) is 13.6. The van der Waals surface area contributed by atoms with Crippen LogP contribution in [0.15, 0.2) is 0 Å². The van der Waals surface area contributed by atoms with Gasteiger partial charge in [-0.3, -0.25) is 0 Å². The van der Waals surface area contributed by atoms with Crippen molar-refractivity contribution in [3.05, 3.63) is 0 Å². The standard InChI is InChI=1S/C5H12N2S2.Na/c1-3-7(4-2)6-5(8)9;/h3-4H2,1-2H3,(H2,6,8,9);/q;+1/p-1. The molecule has 0 amide bonds. The Bertz CT molecular complexity index is 95.6. The van der Waals surface area contributed by atoms with E-state index in [0.29, 0.717) is 4.32 Å². The molecule has 0 aromatic rings. The average molecular weight is 186 g/mol. The first-order chi connectivity index (χ1) is 4.20. The SMILES string of the molecule is CCN(CC)NC(=S)[S-].[Na+]. The van der Waals surface area contributed by atoms with Gasteiger partial charge < -0.3 is 30.3 Å². The zero-order valence-electron chi connectivity index (χ0n) is 6.68. The molecule has 0 unspecified atom stereocenters. The molecule has 0 saturated carbocycles. The van der Waals surface area contributed by atoms with E-state index in [2.05, 4.69) is 30.3 Å². The molecule has 0 rings (SSSR count). The van der Waals surface area contributed by atoms with E-state index in [9.17, 15) is 0 Å². The van der Waals surface area contributed by atoms with Gasteiger partial charge >= 0.3 is 29.6 Å². The molecule has 0 aromatic heterocycles. The van der Waals surface area contributed by atoms with Crippen molar-refractivity contribution in [1.29, 1.82) is 0 Å². The summed E-state index contributed by atoms with van der Waals surface area (Å²) in [5.41, 5.74) is 2.86. The fourth-order valence-corrected chi connectivity index (χ4v) is 0.769. The van der Waals surface area contributed by atoms with Gasteiger partial charge in [0.05, 0.1) is 0 Å². The fourth-order valence-electron chi connectivity index (χ4n) is 0.511. The van der Waals surface area contributed by atoms with E-state index in [0.717, 1.165) is 13.1 Å². The Morgan fingerprint density at radius 1 is 1.50 bits per heavy atom. The number of hydrazine groups is 1. The Balaban J connectivity index is 0. The van der Waals surface area contributed by atoms with Gasteiger partial charge in [-0.25, -0.2) is 5.01 Å². The number of thiocarbonyl (C=S) groups is 1. The Kier molecular flexibility index (Phi) is 11.1. The van der Waals surface area contributed by atoms with Gasteiger partial charge in [0.25, 0.3) is 0 Å². The maximum absolute atomic E-state index is 4.67. The zero-order chi connectivity index (χ0) is 7.28. The fraction of sp³-hybridized carbons (Fsp3) is 0.800. The van der Waals surface area contributed by atoms with Crippen LogP contribution in [0.3, 0.4) is 0 Å². The molecule has 0 aromatic carbocycles. The summed E-state index contributed by atoms with van der Waals surface area (Å²) in [6.45, 7) is 5.94. The maximum Gasteiger partial charge on any atom is 1.00 e. The van der Waals surface area contributed by atoms with Crippen LogP contribution < -0.4 is 35.0 Å². The molecule has 0 radical (unpaired) electrons. The molecule has 0 atom stereocenters. The summed E-state index contributed by atoms with van der Waals surface area (Å²) in [6, 6.07) is 0. The van der Waals surface area contributed by atoms with Gasteiger partial charge in [-0.15, -0.1) is 0 Å². The predicted molar refractivity (Wildman–Crippen MR) is 46.0 cm³/mol. The first-order valence-corrected chi connectivity index (χ1v) is 3.75. The van der Waals surface area contributed by atoms with Crippen molar-refractivity contribution in [3.8, 4) is 0 Å². The number of hydrogen-bond donors (Lipinski definition) is 1. The summed E-state index contributed by atoms with van der Waals surface area (Å²) in [4.78, 5) is 0. The summed E-state index contributed by atoms with van der Waals surface area (Å²) in [6.07, 6.45) is 0. The normalized spacial score (nSPS) is 8.70. The van der Waals surface area contributed by atoms with Gasteiger partial charge in [-0.1, -0.05) is 13.8 Å². The Morgan fingerprint density at radius 2 is 1.90 bits per heavy atom. The molecule has 0 saturated heterocycles. The third kappa shape index (κ3) is 7.18. The molecular formula is C5H11N2NaS2. The Labute approximate surface area is 95.4 Å². The smallest absolute Gasteiger partial charge is 0.410 e. The molecule has 10 heavy (non-hydrogen) atoms. The van der Waals surface area contributed by atoms with Gasteiger partial charge in [-0.05, 0) is 4.32 Å². The third-order valence-electron chi connectivity index (χ3n) is 1.01. The van der Waals surface area contributed by atoms with Crippen LogP contribution in [0.25, 0.3) is 0 Å². The summed E-state index contributed by atoms with van der Waals surface area (Å²) < 4.78 is 0.415. The van der Waals surface area contributed by atoms with E-state index in [1.54, 1.807) is 0 Å². The Morgan fingerprint density at radius 3 is 2.00 bits per heavy atom. The van der Waals surface area contributed by atoms with E-state index in [1.165, 1.54) is 0 Å². The van der Waals surface area contributed by atoms with Gasteiger partial charge in [0, 0.05) is 13.1 Å². The quantitative estimate of drug-likeness (QED) is 0.230. The maximum atomic E-state index is 4.67. The van der Waals surface area contributed by atoms with Crippen molar-refractivity contribution in [3.63, 3.8) is 0 Å². The average Bonchev–Trinajstić information content (AvgIpc) is 1.82. The van der Waals surface area contributed by atoms with Gasteiger partial charge in [0.2, 0.25) is 0 Å². The number of nitrogens with zero attached hydrogens (tertiary/aromatic N) is 1. The molecule has 2 nitrogen and oxygen atoms in total. The summed E-state index contributed by atoms with van der Waals surface area (Å²) in [7, 11) is 0. The van der Waals surface area contributed by atoms with Crippen LogP contribution in [0.5, 0.6) is 0 Å². The molecule has 0 bridgehead atoms. The first-order valence-electron chi connectivity index (χ1n) is 2.93. The minimum absolute atomic E-state index is 0. The second-order valence-corrected chi connectivity index (χ2v) is 2.65. The molecule has 0 aliphatic heterocycles. The molecular weight excluding hydrogens is 175 g/mol. The van der Waals surface area contributed by atoms with E-state index < -0.39 is 0 Å².